The molecule has 0 unspecified atom stereocenters. The lowest BCUT2D eigenvalue weighted by molar-refractivity contribution is -0.148. The molecule has 8 nitrogen and oxygen atoms in total. The van der Waals surface area contributed by atoms with Crippen LogP contribution in [0.2, 0.25) is 0 Å². The minimum Gasteiger partial charge on any atom is -0.505 e. The number of esters is 1. The van der Waals surface area contributed by atoms with E-state index in [0.29, 0.717) is 0 Å². The van der Waals surface area contributed by atoms with Crippen molar-refractivity contribution in [3.63, 3.8) is 0 Å². The van der Waals surface area contributed by atoms with Crippen LogP contribution in [0.15, 0.2) is 11.5 Å². The van der Waals surface area contributed by atoms with Crippen LogP contribution < -0.4 is 0 Å². The van der Waals surface area contributed by atoms with Gasteiger partial charge in [-0.25, -0.2) is 4.79 Å². The lowest BCUT2D eigenvalue weighted by atomic mass is 10.2. The fraction of sp³-hybridized carbons (Fsp3) is 0.667. The standard InChI is InChI=1S/C9H14O8/c10-1-4(12)3-16-8-6(14)7(5(13)2-11)17-9(8)15/h4-5,7,10-14H,1-3H2/t4-,5+,7-/m1/s1. The Morgan fingerprint density at radius 2 is 1.94 bits per heavy atom. The minimum absolute atomic E-state index is 0.410. The van der Waals surface area contributed by atoms with Crippen LogP contribution in [-0.4, -0.2) is 69.6 Å². The summed E-state index contributed by atoms with van der Waals surface area (Å²) in [5.41, 5.74) is 0. The number of aliphatic hydroxyl groups excluding tert-OH is 5. The first-order chi connectivity index (χ1) is 8.01. The van der Waals surface area contributed by atoms with E-state index in [1.54, 1.807) is 0 Å². The molecule has 0 bridgehead atoms. The van der Waals surface area contributed by atoms with Gasteiger partial charge in [-0.3, -0.25) is 0 Å². The molecule has 3 atom stereocenters. The zero-order chi connectivity index (χ0) is 13.0. The van der Waals surface area contributed by atoms with Crippen LogP contribution in [0.25, 0.3) is 0 Å². The number of hydrogen-bond acceptors (Lipinski definition) is 8. The van der Waals surface area contributed by atoms with Gasteiger partial charge >= 0.3 is 5.97 Å². The van der Waals surface area contributed by atoms with Crippen molar-refractivity contribution in [3.8, 4) is 0 Å². The van der Waals surface area contributed by atoms with E-state index in [9.17, 15) is 15.0 Å². The highest BCUT2D eigenvalue weighted by Crippen LogP contribution is 2.24. The second kappa shape index (κ2) is 5.82. The van der Waals surface area contributed by atoms with Crippen molar-refractivity contribution >= 4 is 5.97 Å². The van der Waals surface area contributed by atoms with Gasteiger partial charge in [0.25, 0.3) is 0 Å². The van der Waals surface area contributed by atoms with Crippen molar-refractivity contribution in [1.29, 1.82) is 0 Å². The fourth-order valence-corrected chi connectivity index (χ4v) is 1.18. The smallest absolute Gasteiger partial charge is 0.378 e. The van der Waals surface area contributed by atoms with Crippen LogP contribution in [0, 0.1) is 0 Å². The Bertz CT molecular complexity index is 312. The Morgan fingerprint density at radius 3 is 2.47 bits per heavy atom. The van der Waals surface area contributed by atoms with Crippen LogP contribution in [-0.2, 0) is 14.3 Å². The molecule has 0 aromatic carbocycles. The zero-order valence-corrected chi connectivity index (χ0v) is 8.81. The molecule has 0 aromatic rings. The van der Waals surface area contributed by atoms with Crippen LogP contribution in [0.5, 0.6) is 0 Å². The molecule has 0 amide bonds. The number of rotatable bonds is 6. The molecule has 5 N–H and O–H groups in total. The van der Waals surface area contributed by atoms with E-state index in [2.05, 4.69) is 4.74 Å². The molecule has 0 fully saturated rings. The second-order valence-corrected chi connectivity index (χ2v) is 3.44. The third-order valence-corrected chi connectivity index (χ3v) is 2.09. The molecule has 98 valence electrons. The van der Waals surface area contributed by atoms with Crippen molar-refractivity contribution in [2.75, 3.05) is 19.8 Å². The van der Waals surface area contributed by atoms with Gasteiger partial charge in [0.05, 0.1) is 13.2 Å². The molecule has 17 heavy (non-hydrogen) atoms. The Morgan fingerprint density at radius 1 is 1.29 bits per heavy atom. The Balaban J connectivity index is 2.68. The van der Waals surface area contributed by atoms with E-state index >= 15 is 0 Å². The summed E-state index contributed by atoms with van der Waals surface area (Å²) in [4.78, 5) is 11.2. The number of hydrogen-bond donors (Lipinski definition) is 5. The summed E-state index contributed by atoms with van der Waals surface area (Å²) in [6.45, 7) is -1.67. The predicted molar refractivity (Wildman–Crippen MR) is 51.7 cm³/mol. The minimum atomic E-state index is -1.46. The highest BCUT2D eigenvalue weighted by atomic mass is 16.6. The van der Waals surface area contributed by atoms with Crippen molar-refractivity contribution in [3.05, 3.63) is 11.5 Å². The first-order valence-electron chi connectivity index (χ1n) is 4.86. The van der Waals surface area contributed by atoms with Gasteiger partial charge in [-0.05, 0) is 0 Å². The molecule has 1 rings (SSSR count). The van der Waals surface area contributed by atoms with Gasteiger partial charge in [-0.2, -0.15) is 0 Å². The Hall–Kier alpha value is -1.35. The highest BCUT2D eigenvalue weighted by Gasteiger charge is 2.40. The third-order valence-electron chi connectivity index (χ3n) is 2.09. The largest absolute Gasteiger partial charge is 0.505 e. The predicted octanol–water partition coefficient (Wildman–Crippen LogP) is -2.60. The summed E-state index contributed by atoms with van der Waals surface area (Å²) in [7, 11) is 0. The van der Waals surface area contributed by atoms with Crippen LogP contribution >= 0.6 is 0 Å². The van der Waals surface area contributed by atoms with Crippen molar-refractivity contribution in [2.24, 2.45) is 0 Å². The highest BCUT2D eigenvalue weighted by molar-refractivity contribution is 5.89. The summed E-state index contributed by atoms with van der Waals surface area (Å²) in [5, 5.41) is 44.9. The number of cyclic esters (lactones) is 1. The molecule has 0 radical (unpaired) electrons. The number of carbonyl (C=O) groups is 1. The summed E-state index contributed by atoms with van der Waals surface area (Å²) in [6.07, 6.45) is -4.04. The van der Waals surface area contributed by atoms with Gasteiger partial charge in [-0.15, -0.1) is 0 Å². The molecule has 0 aliphatic carbocycles. The van der Waals surface area contributed by atoms with Gasteiger partial charge in [0.15, 0.2) is 11.9 Å². The number of carbonyl (C=O) groups excluding carboxylic acids is 1. The Kier molecular flexibility index (Phi) is 4.70. The number of aliphatic hydroxyl groups is 5. The molecule has 0 saturated heterocycles. The maximum atomic E-state index is 11.2. The zero-order valence-electron chi connectivity index (χ0n) is 8.81. The van der Waals surface area contributed by atoms with E-state index in [-0.39, 0.29) is 0 Å². The van der Waals surface area contributed by atoms with Crippen LogP contribution in [0.3, 0.4) is 0 Å². The molecular formula is C9H14O8. The van der Waals surface area contributed by atoms with Crippen LogP contribution in [0.4, 0.5) is 0 Å². The fourth-order valence-electron chi connectivity index (χ4n) is 1.18. The van der Waals surface area contributed by atoms with Crippen LogP contribution in [0.1, 0.15) is 0 Å². The van der Waals surface area contributed by atoms with Gasteiger partial charge in [-0.1, -0.05) is 0 Å². The SMILES string of the molecule is O=C1O[C@H]([C@@H](O)CO)C(O)=C1OC[C@H](O)CO. The first kappa shape index (κ1) is 13.7. The molecule has 1 aliphatic heterocycles. The van der Waals surface area contributed by atoms with Gasteiger partial charge in [0, 0.05) is 0 Å². The molecule has 0 spiro atoms. The van der Waals surface area contributed by atoms with Gasteiger partial charge < -0.3 is 35.0 Å². The van der Waals surface area contributed by atoms with E-state index < -0.39 is 55.6 Å². The van der Waals surface area contributed by atoms with Crippen molar-refractivity contribution in [2.45, 2.75) is 18.3 Å². The lowest BCUT2D eigenvalue weighted by Crippen LogP contribution is -2.31. The summed E-state index contributed by atoms with van der Waals surface area (Å²) in [6, 6.07) is 0. The van der Waals surface area contributed by atoms with E-state index in [0.717, 1.165) is 0 Å². The quantitative estimate of drug-likeness (QED) is 0.324. The normalized spacial score (nSPS) is 23.5. The Labute approximate surface area is 96.3 Å². The topological polar surface area (TPSA) is 137 Å². The maximum Gasteiger partial charge on any atom is 0.378 e. The van der Waals surface area contributed by atoms with Gasteiger partial charge in [0.2, 0.25) is 5.76 Å². The third kappa shape index (κ3) is 3.07. The van der Waals surface area contributed by atoms with Crippen molar-refractivity contribution < 1.29 is 39.8 Å². The molecule has 0 saturated carbocycles. The monoisotopic (exact) mass is 250 g/mol. The van der Waals surface area contributed by atoms with E-state index in [1.165, 1.54) is 0 Å². The summed E-state index contributed by atoms with van der Waals surface area (Å²) < 4.78 is 9.32. The van der Waals surface area contributed by atoms with E-state index in [4.69, 9.17) is 20.1 Å². The van der Waals surface area contributed by atoms with Gasteiger partial charge in [0.1, 0.15) is 18.8 Å². The second-order valence-electron chi connectivity index (χ2n) is 3.44. The average molecular weight is 250 g/mol. The molecule has 0 aromatic heterocycles. The molecule has 8 heteroatoms. The summed E-state index contributed by atoms with van der Waals surface area (Å²) >= 11 is 0. The number of ether oxygens (including phenoxy) is 2. The van der Waals surface area contributed by atoms with E-state index in [1.807, 2.05) is 0 Å². The average Bonchev–Trinajstić information content (AvgIpc) is 2.61. The van der Waals surface area contributed by atoms with Crippen molar-refractivity contribution in [1.82, 2.24) is 0 Å². The first-order valence-corrected chi connectivity index (χ1v) is 4.86. The molecule has 1 aliphatic rings. The lowest BCUT2D eigenvalue weighted by Gasteiger charge is -2.13. The molecular weight excluding hydrogens is 236 g/mol. The summed E-state index contributed by atoms with van der Waals surface area (Å²) in [5.74, 6) is -2.21. The maximum absolute atomic E-state index is 11.2. The molecule has 1 heterocycles.